The highest BCUT2D eigenvalue weighted by Gasteiger charge is 2.24. The van der Waals surface area contributed by atoms with E-state index < -0.39 is 5.60 Å². The highest BCUT2D eigenvalue weighted by atomic mass is 127. The van der Waals surface area contributed by atoms with Gasteiger partial charge in [0.25, 0.3) is 0 Å². The van der Waals surface area contributed by atoms with Crippen LogP contribution in [-0.4, -0.2) is 54.6 Å². The molecule has 3 N–H and O–H groups in total. The molecule has 1 atom stereocenters. The van der Waals surface area contributed by atoms with E-state index in [9.17, 15) is 9.90 Å². The molecule has 0 bridgehead atoms. The summed E-state index contributed by atoms with van der Waals surface area (Å²) in [5.74, 6) is 0.622. The molecule has 1 aliphatic heterocycles. The van der Waals surface area contributed by atoms with Gasteiger partial charge in [-0.15, -0.1) is 35.3 Å². The second-order valence-electron chi connectivity index (χ2n) is 6.24. The SMILES string of the molecule is CCNC(=NCC(=O)N1CCCCC1)NCC(C)(O)c1cccs1.I. The number of carbonyl (C=O) groups is 1. The van der Waals surface area contributed by atoms with E-state index in [1.165, 1.54) is 17.8 Å². The number of likely N-dealkylation sites (tertiary alicyclic amines) is 1. The van der Waals surface area contributed by atoms with Gasteiger partial charge in [-0.25, -0.2) is 4.99 Å². The molecule has 6 nitrogen and oxygen atoms in total. The van der Waals surface area contributed by atoms with Crippen molar-refractivity contribution in [2.24, 2.45) is 4.99 Å². The van der Waals surface area contributed by atoms with E-state index in [4.69, 9.17) is 0 Å². The smallest absolute Gasteiger partial charge is 0.244 e. The second kappa shape index (κ2) is 11.0. The molecule has 1 aromatic heterocycles. The second-order valence-corrected chi connectivity index (χ2v) is 7.19. The lowest BCUT2D eigenvalue weighted by atomic mass is 10.1. The standard InChI is InChI=1S/C17H28N4O2S.HI/c1-3-18-16(19-12-15(22)21-9-5-4-6-10-21)20-13-17(2,23)14-8-7-11-24-14;/h7-8,11,23H,3-6,9-10,12-13H2,1-2H3,(H2,18,19,20);1H. The quantitative estimate of drug-likeness (QED) is 0.331. The predicted octanol–water partition coefficient (Wildman–Crippen LogP) is 2.14. The number of nitrogens with zero attached hydrogens (tertiary/aromatic N) is 2. The molecule has 1 aliphatic rings. The van der Waals surface area contributed by atoms with E-state index in [0.29, 0.717) is 19.0 Å². The van der Waals surface area contributed by atoms with Crippen LogP contribution in [0, 0.1) is 0 Å². The first-order chi connectivity index (χ1) is 11.5. The average Bonchev–Trinajstić information content (AvgIpc) is 3.13. The number of hydrogen-bond donors (Lipinski definition) is 3. The van der Waals surface area contributed by atoms with Crippen molar-refractivity contribution in [1.29, 1.82) is 0 Å². The van der Waals surface area contributed by atoms with Gasteiger partial charge < -0.3 is 20.6 Å². The summed E-state index contributed by atoms with van der Waals surface area (Å²) >= 11 is 1.52. The number of hydrogen-bond acceptors (Lipinski definition) is 4. The topological polar surface area (TPSA) is 77.0 Å². The van der Waals surface area contributed by atoms with Gasteiger partial charge >= 0.3 is 0 Å². The van der Waals surface area contributed by atoms with Crippen LogP contribution in [-0.2, 0) is 10.4 Å². The molecule has 0 aliphatic carbocycles. The first kappa shape index (κ1) is 22.2. The third-order valence-corrected chi connectivity index (χ3v) is 5.20. The molecule has 25 heavy (non-hydrogen) atoms. The molecule has 2 heterocycles. The third kappa shape index (κ3) is 7.10. The first-order valence-electron chi connectivity index (χ1n) is 8.59. The number of thiophene rings is 1. The molecule has 1 amide bonds. The van der Waals surface area contributed by atoms with E-state index >= 15 is 0 Å². The molecule has 2 rings (SSSR count). The van der Waals surface area contributed by atoms with Crippen molar-refractivity contribution in [2.45, 2.75) is 38.7 Å². The Morgan fingerprint density at radius 1 is 1.36 bits per heavy atom. The summed E-state index contributed by atoms with van der Waals surface area (Å²) in [4.78, 5) is 19.4. The highest BCUT2D eigenvalue weighted by molar-refractivity contribution is 14.0. The van der Waals surface area contributed by atoms with E-state index in [0.717, 1.165) is 30.8 Å². The van der Waals surface area contributed by atoms with Crippen LogP contribution in [0.15, 0.2) is 22.5 Å². The number of guanidine groups is 1. The number of halogens is 1. The minimum atomic E-state index is -0.971. The van der Waals surface area contributed by atoms with Crippen molar-refractivity contribution < 1.29 is 9.90 Å². The van der Waals surface area contributed by atoms with Crippen LogP contribution >= 0.6 is 35.3 Å². The molecule has 142 valence electrons. The summed E-state index contributed by atoms with van der Waals surface area (Å²) in [6.07, 6.45) is 3.37. The fraction of sp³-hybridized carbons (Fsp3) is 0.647. The summed E-state index contributed by atoms with van der Waals surface area (Å²) in [5.41, 5.74) is -0.971. The molecule has 1 fully saturated rings. The van der Waals surface area contributed by atoms with Gasteiger partial charge in [-0.2, -0.15) is 0 Å². The Morgan fingerprint density at radius 3 is 2.68 bits per heavy atom. The number of rotatable bonds is 6. The van der Waals surface area contributed by atoms with Gasteiger partial charge in [0.05, 0.1) is 6.54 Å². The Kier molecular flexibility index (Phi) is 9.73. The number of aliphatic imine (C=N–C) groups is 1. The zero-order valence-electron chi connectivity index (χ0n) is 15.0. The first-order valence-corrected chi connectivity index (χ1v) is 9.47. The molecule has 1 saturated heterocycles. The number of nitrogens with one attached hydrogen (secondary N) is 2. The van der Waals surface area contributed by atoms with Crippen LogP contribution in [0.4, 0.5) is 0 Å². The summed E-state index contributed by atoms with van der Waals surface area (Å²) in [5, 5.41) is 18.8. The van der Waals surface area contributed by atoms with Gasteiger partial charge in [-0.05, 0) is 44.6 Å². The summed E-state index contributed by atoms with van der Waals surface area (Å²) < 4.78 is 0. The normalized spacial score (nSPS) is 17.4. The van der Waals surface area contributed by atoms with Crippen LogP contribution in [0.5, 0.6) is 0 Å². The lowest BCUT2D eigenvalue weighted by molar-refractivity contribution is -0.130. The van der Waals surface area contributed by atoms with E-state index in [2.05, 4.69) is 15.6 Å². The number of aliphatic hydroxyl groups is 1. The van der Waals surface area contributed by atoms with Gasteiger partial charge in [0.2, 0.25) is 5.91 Å². The molecule has 8 heteroatoms. The minimum absolute atomic E-state index is 0. The van der Waals surface area contributed by atoms with Gasteiger partial charge in [-0.3, -0.25) is 4.79 Å². The molecule has 0 aromatic carbocycles. The number of amides is 1. The van der Waals surface area contributed by atoms with E-state index in [1.807, 2.05) is 29.3 Å². The van der Waals surface area contributed by atoms with Crippen molar-refractivity contribution in [1.82, 2.24) is 15.5 Å². The zero-order valence-corrected chi connectivity index (χ0v) is 18.1. The largest absolute Gasteiger partial charge is 0.383 e. The van der Waals surface area contributed by atoms with Crippen LogP contribution in [0.2, 0.25) is 0 Å². The average molecular weight is 480 g/mol. The monoisotopic (exact) mass is 480 g/mol. The van der Waals surface area contributed by atoms with Crippen molar-refractivity contribution in [2.75, 3.05) is 32.7 Å². The summed E-state index contributed by atoms with van der Waals surface area (Å²) in [7, 11) is 0. The van der Waals surface area contributed by atoms with Gasteiger partial charge in [0, 0.05) is 24.5 Å². The molecule has 0 radical (unpaired) electrons. The van der Waals surface area contributed by atoms with E-state index in [-0.39, 0.29) is 36.4 Å². The maximum absolute atomic E-state index is 12.2. The predicted molar refractivity (Wildman–Crippen MR) is 114 cm³/mol. The zero-order chi connectivity index (χ0) is 17.4. The third-order valence-electron chi connectivity index (χ3n) is 4.08. The molecule has 1 aromatic rings. The maximum Gasteiger partial charge on any atom is 0.244 e. The Bertz CT molecular complexity index is 543. The van der Waals surface area contributed by atoms with Crippen molar-refractivity contribution in [3.05, 3.63) is 22.4 Å². The Morgan fingerprint density at radius 2 is 2.08 bits per heavy atom. The lowest BCUT2D eigenvalue weighted by Crippen LogP contribution is -2.45. The van der Waals surface area contributed by atoms with Gasteiger partial charge in [-0.1, -0.05) is 6.07 Å². The van der Waals surface area contributed by atoms with Crippen LogP contribution in [0.3, 0.4) is 0 Å². The Labute approximate surface area is 171 Å². The molecule has 0 spiro atoms. The Hall–Kier alpha value is -0.870. The van der Waals surface area contributed by atoms with Crippen LogP contribution < -0.4 is 10.6 Å². The van der Waals surface area contributed by atoms with Crippen LogP contribution in [0.1, 0.15) is 38.0 Å². The molecular formula is C17H29IN4O2S. The molecular weight excluding hydrogens is 451 g/mol. The molecule has 1 unspecified atom stereocenters. The highest BCUT2D eigenvalue weighted by Crippen LogP contribution is 2.24. The number of carbonyl (C=O) groups excluding carboxylic acids is 1. The lowest BCUT2D eigenvalue weighted by Gasteiger charge is -2.26. The summed E-state index contributed by atoms with van der Waals surface area (Å²) in [6, 6.07) is 3.83. The van der Waals surface area contributed by atoms with E-state index in [1.54, 1.807) is 6.92 Å². The maximum atomic E-state index is 12.2. The van der Waals surface area contributed by atoms with Crippen molar-refractivity contribution >= 4 is 47.2 Å². The van der Waals surface area contributed by atoms with Gasteiger partial charge in [0.1, 0.15) is 12.1 Å². The van der Waals surface area contributed by atoms with Crippen molar-refractivity contribution in [3.63, 3.8) is 0 Å². The molecule has 0 saturated carbocycles. The number of piperidine rings is 1. The minimum Gasteiger partial charge on any atom is -0.383 e. The van der Waals surface area contributed by atoms with Crippen molar-refractivity contribution in [3.8, 4) is 0 Å². The van der Waals surface area contributed by atoms with Gasteiger partial charge in [0.15, 0.2) is 5.96 Å². The Balaban J connectivity index is 0.00000312. The fourth-order valence-corrected chi connectivity index (χ4v) is 3.45. The fourth-order valence-electron chi connectivity index (χ4n) is 2.66. The summed E-state index contributed by atoms with van der Waals surface area (Å²) in [6.45, 7) is 6.59. The van der Waals surface area contributed by atoms with Crippen LogP contribution in [0.25, 0.3) is 0 Å².